The van der Waals surface area contributed by atoms with E-state index in [0.29, 0.717) is 30.3 Å². The quantitative estimate of drug-likeness (QED) is 0.664. The molecule has 3 atom stereocenters. The second kappa shape index (κ2) is 9.03. The minimum Gasteiger partial charge on any atom is -0.379 e. The van der Waals surface area contributed by atoms with Crippen molar-refractivity contribution in [3.8, 4) is 11.8 Å². The molecule has 1 N–H and O–H groups in total. The molecule has 1 aromatic carbocycles. The van der Waals surface area contributed by atoms with Gasteiger partial charge in [0.05, 0.1) is 18.1 Å². The van der Waals surface area contributed by atoms with Crippen molar-refractivity contribution in [1.29, 1.82) is 0 Å². The number of fused-ring (bicyclic) bond motifs is 2. The highest BCUT2D eigenvalue weighted by Gasteiger charge is 2.59. The lowest BCUT2D eigenvalue weighted by Crippen LogP contribution is -2.52. The van der Waals surface area contributed by atoms with E-state index < -0.39 is 10.0 Å². The predicted octanol–water partition coefficient (Wildman–Crippen LogP) is 2.65. The zero-order valence-corrected chi connectivity index (χ0v) is 20.8. The Morgan fingerprint density at radius 1 is 1.27 bits per heavy atom. The minimum atomic E-state index is -3.83. The van der Waals surface area contributed by atoms with Crippen LogP contribution in [0.2, 0.25) is 0 Å². The molecule has 0 spiro atoms. The van der Waals surface area contributed by atoms with Crippen LogP contribution in [0.15, 0.2) is 23.1 Å². The fourth-order valence-corrected chi connectivity index (χ4v) is 7.57. The Kier molecular flexibility index (Phi) is 6.62. The molecule has 180 valence electrons. The van der Waals surface area contributed by atoms with Crippen LogP contribution in [0.25, 0.3) is 0 Å². The van der Waals surface area contributed by atoms with Gasteiger partial charge in [-0.1, -0.05) is 32.6 Å². The maximum atomic E-state index is 13.5. The number of methoxy groups -OCH3 is 1. The first-order valence-corrected chi connectivity index (χ1v) is 13.0. The van der Waals surface area contributed by atoms with Crippen molar-refractivity contribution in [2.24, 2.45) is 16.7 Å². The third-order valence-electron chi connectivity index (χ3n) is 7.82. The Bertz CT molecular complexity index is 1080. The number of carbonyl (C=O) groups is 1. The van der Waals surface area contributed by atoms with E-state index in [4.69, 9.17) is 9.47 Å². The highest BCUT2D eigenvalue weighted by Crippen LogP contribution is 2.62. The van der Waals surface area contributed by atoms with Crippen LogP contribution in [0, 0.1) is 28.6 Å². The number of hydrogen-bond donors (Lipinski definition) is 1. The van der Waals surface area contributed by atoms with E-state index in [2.05, 4.69) is 37.9 Å². The molecule has 1 unspecified atom stereocenters. The second-order valence-electron chi connectivity index (χ2n) is 10.3. The van der Waals surface area contributed by atoms with Gasteiger partial charge in [-0.3, -0.25) is 4.79 Å². The summed E-state index contributed by atoms with van der Waals surface area (Å²) in [7, 11) is -2.29. The number of rotatable bonds is 5. The van der Waals surface area contributed by atoms with Gasteiger partial charge in [-0.15, -0.1) is 0 Å². The largest absolute Gasteiger partial charge is 0.379 e. The van der Waals surface area contributed by atoms with Crippen LogP contribution in [-0.4, -0.2) is 64.7 Å². The molecule has 2 saturated carbocycles. The number of nitrogens with zero attached hydrogens (tertiary/aromatic N) is 1. The Balaban J connectivity index is 1.66. The summed E-state index contributed by atoms with van der Waals surface area (Å²) < 4.78 is 38.6. The van der Waals surface area contributed by atoms with Gasteiger partial charge in [0.15, 0.2) is 0 Å². The molecule has 33 heavy (non-hydrogen) atoms. The van der Waals surface area contributed by atoms with Gasteiger partial charge < -0.3 is 14.8 Å². The van der Waals surface area contributed by atoms with Gasteiger partial charge in [0.25, 0.3) is 5.91 Å². The number of carbonyl (C=O) groups excluding carboxylic acids is 1. The molecule has 1 aliphatic heterocycles. The molecule has 4 rings (SSSR count). The van der Waals surface area contributed by atoms with Crippen molar-refractivity contribution in [2.45, 2.75) is 51.0 Å². The highest BCUT2D eigenvalue weighted by molar-refractivity contribution is 7.89. The lowest BCUT2D eigenvalue weighted by molar-refractivity contribution is 0.0728. The van der Waals surface area contributed by atoms with Crippen molar-refractivity contribution < 1.29 is 22.7 Å². The minimum absolute atomic E-state index is 0.0108. The van der Waals surface area contributed by atoms with Gasteiger partial charge in [-0.2, -0.15) is 4.31 Å². The van der Waals surface area contributed by atoms with Gasteiger partial charge in [0.1, 0.15) is 6.61 Å². The van der Waals surface area contributed by atoms with E-state index in [-0.39, 0.29) is 47.4 Å². The maximum absolute atomic E-state index is 13.5. The van der Waals surface area contributed by atoms with E-state index in [1.807, 2.05) is 0 Å². The van der Waals surface area contributed by atoms with Gasteiger partial charge in [0, 0.05) is 37.4 Å². The first kappa shape index (κ1) is 24.2. The van der Waals surface area contributed by atoms with Crippen LogP contribution >= 0.6 is 0 Å². The van der Waals surface area contributed by atoms with Gasteiger partial charge in [-0.05, 0) is 54.2 Å². The number of sulfonamides is 1. The number of hydrogen-bond acceptors (Lipinski definition) is 5. The van der Waals surface area contributed by atoms with Gasteiger partial charge in [-0.25, -0.2) is 8.42 Å². The Labute approximate surface area is 197 Å². The molecule has 2 bridgehead atoms. The summed E-state index contributed by atoms with van der Waals surface area (Å²) in [6.45, 7) is 8.16. The van der Waals surface area contributed by atoms with Crippen molar-refractivity contribution >= 4 is 15.9 Å². The summed E-state index contributed by atoms with van der Waals surface area (Å²) in [6.07, 6.45) is 3.43. The zero-order valence-electron chi connectivity index (χ0n) is 19.9. The van der Waals surface area contributed by atoms with Crippen molar-refractivity contribution in [1.82, 2.24) is 9.62 Å². The standard InChI is InChI=1S/C25H34N2O5S/c1-24(2)20-9-10-25(3,17-20)23(24)26-22(28)19-8-7-18(6-5-13-31-4)21(16-19)33(29,30)27-11-14-32-15-12-27/h7-8,16,20,23H,9-15,17H2,1-4H3,(H,26,28)/t20-,23?,25+/m1/s1. The van der Waals surface area contributed by atoms with Crippen molar-refractivity contribution in [3.05, 3.63) is 29.3 Å². The molecule has 1 amide bonds. The first-order chi connectivity index (χ1) is 15.6. The summed E-state index contributed by atoms with van der Waals surface area (Å²) in [5.74, 6) is 6.09. The fraction of sp³-hybridized carbons (Fsp3) is 0.640. The highest BCUT2D eigenvalue weighted by atomic mass is 32.2. The topological polar surface area (TPSA) is 84.9 Å². The molecule has 1 heterocycles. The Hall–Kier alpha value is -1.92. The third kappa shape index (κ3) is 4.44. The summed E-state index contributed by atoms with van der Waals surface area (Å²) >= 11 is 0. The van der Waals surface area contributed by atoms with Gasteiger partial charge >= 0.3 is 0 Å². The monoisotopic (exact) mass is 474 g/mol. The lowest BCUT2D eigenvalue weighted by atomic mass is 9.68. The van der Waals surface area contributed by atoms with E-state index in [1.165, 1.54) is 23.9 Å². The van der Waals surface area contributed by atoms with E-state index >= 15 is 0 Å². The molecule has 1 aromatic rings. The summed E-state index contributed by atoms with van der Waals surface area (Å²) in [5.41, 5.74) is 0.790. The first-order valence-electron chi connectivity index (χ1n) is 11.6. The second-order valence-corrected chi connectivity index (χ2v) is 12.2. The molecule has 3 fully saturated rings. The summed E-state index contributed by atoms with van der Waals surface area (Å²) in [5, 5.41) is 3.26. The van der Waals surface area contributed by atoms with Crippen LogP contribution in [0.5, 0.6) is 0 Å². The molecular weight excluding hydrogens is 440 g/mol. The molecule has 3 aliphatic rings. The average Bonchev–Trinajstić information content (AvgIpc) is 3.28. The van der Waals surface area contributed by atoms with Crippen LogP contribution in [0.3, 0.4) is 0 Å². The van der Waals surface area contributed by atoms with E-state index in [0.717, 1.165) is 12.8 Å². The molecule has 0 aromatic heterocycles. The SMILES string of the molecule is COCC#Cc1ccc(C(=O)NC2C(C)(C)[C@@H]3CC[C@@]2(C)C3)cc1S(=O)(=O)N1CCOCC1. The van der Waals surface area contributed by atoms with Gasteiger partial charge in [0.2, 0.25) is 10.0 Å². The van der Waals surface area contributed by atoms with E-state index in [1.54, 1.807) is 12.1 Å². The number of ether oxygens (including phenoxy) is 2. The smallest absolute Gasteiger partial charge is 0.251 e. The number of amides is 1. The Morgan fingerprint density at radius 3 is 2.64 bits per heavy atom. The number of nitrogens with one attached hydrogen (secondary N) is 1. The molecular formula is C25H34N2O5S. The van der Waals surface area contributed by atoms with Crippen LogP contribution in [0.1, 0.15) is 56.0 Å². The van der Waals surface area contributed by atoms with Crippen LogP contribution in [-0.2, 0) is 19.5 Å². The molecule has 0 radical (unpaired) electrons. The van der Waals surface area contributed by atoms with Crippen molar-refractivity contribution in [2.75, 3.05) is 40.0 Å². The molecule has 2 aliphatic carbocycles. The third-order valence-corrected chi connectivity index (χ3v) is 9.76. The molecule has 8 heteroatoms. The number of morpholine rings is 1. The normalized spacial score (nSPS) is 28.8. The van der Waals surface area contributed by atoms with Crippen LogP contribution in [0.4, 0.5) is 0 Å². The fourth-order valence-electron chi connectivity index (χ4n) is 5.99. The summed E-state index contributed by atoms with van der Waals surface area (Å²) in [4.78, 5) is 13.4. The zero-order chi connectivity index (χ0) is 23.9. The number of benzene rings is 1. The van der Waals surface area contributed by atoms with Crippen LogP contribution < -0.4 is 5.32 Å². The molecule has 1 saturated heterocycles. The Morgan fingerprint density at radius 2 is 2.00 bits per heavy atom. The lowest BCUT2D eigenvalue weighted by Gasteiger charge is -2.43. The molecule has 7 nitrogen and oxygen atoms in total. The van der Waals surface area contributed by atoms with Crippen molar-refractivity contribution in [3.63, 3.8) is 0 Å². The average molecular weight is 475 g/mol. The predicted molar refractivity (Wildman–Crippen MR) is 125 cm³/mol. The summed E-state index contributed by atoms with van der Waals surface area (Å²) in [6, 6.07) is 4.81. The maximum Gasteiger partial charge on any atom is 0.251 e. The van der Waals surface area contributed by atoms with E-state index in [9.17, 15) is 13.2 Å².